The Labute approximate surface area is 178 Å². The molecule has 0 radical (unpaired) electrons. The Balaban J connectivity index is 1.92. The van der Waals surface area contributed by atoms with Crippen LogP contribution in [-0.4, -0.2) is 17.7 Å². The van der Waals surface area contributed by atoms with Crippen molar-refractivity contribution in [2.24, 2.45) is 0 Å². The van der Waals surface area contributed by atoms with Crippen molar-refractivity contribution in [3.8, 4) is 22.3 Å². The second kappa shape index (κ2) is 10.6. The Kier molecular flexibility index (Phi) is 7.58. The second-order valence-corrected chi connectivity index (χ2v) is 7.30. The van der Waals surface area contributed by atoms with Gasteiger partial charge in [0.1, 0.15) is 6.61 Å². The number of hydrogen-bond acceptors (Lipinski definition) is 3. The number of rotatable bonds is 9. The molecule has 0 aliphatic carbocycles. The minimum Gasteiger partial charge on any atom is -0.457 e. The van der Waals surface area contributed by atoms with Crippen LogP contribution in [0.3, 0.4) is 0 Å². The molecule has 0 bridgehead atoms. The molecule has 3 aromatic carbocycles. The van der Waals surface area contributed by atoms with Gasteiger partial charge in [-0.3, -0.25) is 0 Å². The number of aryl methyl sites for hydroxylation is 1. The maximum Gasteiger partial charge on any atom is 0.333 e. The average molecular weight is 401 g/mol. The van der Waals surface area contributed by atoms with Crippen LogP contribution in [0.15, 0.2) is 84.9 Å². The predicted molar refractivity (Wildman–Crippen MR) is 122 cm³/mol. The smallest absolute Gasteiger partial charge is 0.333 e. The van der Waals surface area contributed by atoms with Crippen molar-refractivity contribution in [3.05, 3.63) is 96.1 Å². The standard InChI is InChI=1S/C27H28O3/c1-3-20(2)27(29)30-19-25-18-24(22-9-5-4-6-10-22)15-16-26(25)23-13-11-21(12-14-23)8-7-17-28/h4-6,9-16,18,28H,2-3,7-8,17,19H2,1H3. The van der Waals surface area contributed by atoms with Crippen LogP contribution in [-0.2, 0) is 22.6 Å². The summed E-state index contributed by atoms with van der Waals surface area (Å²) in [6, 6.07) is 24.8. The molecule has 154 valence electrons. The monoisotopic (exact) mass is 400 g/mol. The van der Waals surface area contributed by atoms with Gasteiger partial charge in [0, 0.05) is 12.2 Å². The molecule has 0 amide bonds. The maximum absolute atomic E-state index is 12.2. The van der Waals surface area contributed by atoms with Crippen LogP contribution in [0.2, 0.25) is 0 Å². The van der Waals surface area contributed by atoms with Gasteiger partial charge >= 0.3 is 5.97 Å². The fourth-order valence-corrected chi connectivity index (χ4v) is 3.33. The number of esters is 1. The van der Waals surface area contributed by atoms with Gasteiger partial charge in [-0.15, -0.1) is 0 Å². The Morgan fingerprint density at radius 2 is 1.63 bits per heavy atom. The van der Waals surface area contributed by atoms with Crippen molar-refractivity contribution in [1.29, 1.82) is 0 Å². The fourth-order valence-electron chi connectivity index (χ4n) is 3.33. The van der Waals surface area contributed by atoms with E-state index in [1.165, 1.54) is 5.56 Å². The highest BCUT2D eigenvalue weighted by Crippen LogP contribution is 2.30. The zero-order valence-electron chi connectivity index (χ0n) is 17.4. The Morgan fingerprint density at radius 1 is 0.933 bits per heavy atom. The third-order valence-corrected chi connectivity index (χ3v) is 5.18. The third-order valence-electron chi connectivity index (χ3n) is 5.18. The third kappa shape index (κ3) is 5.46. The molecular formula is C27H28O3. The van der Waals surface area contributed by atoms with E-state index in [2.05, 4.69) is 61.2 Å². The van der Waals surface area contributed by atoms with Gasteiger partial charge in [-0.05, 0) is 58.7 Å². The molecule has 0 saturated carbocycles. The average Bonchev–Trinajstić information content (AvgIpc) is 2.81. The first kappa shape index (κ1) is 21.5. The van der Waals surface area contributed by atoms with E-state index in [4.69, 9.17) is 9.84 Å². The summed E-state index contributed by atoms with van der Waals surface area (Å²) < 4.78 is 5.54. The Hall–Kier alpha value is -3.17. The molecule has 0 fully saturated rings. The normalized spacial score (nSPS) is 10.6. The first-order chi connectivity index (χ1) is 14.6. The number of carbonyl (C=O) groups is 1. The molecule has 0 atom stereocenters. The van der Waals surface area contributed by atoms with Crippen molar-refractivity contribution in [1.82, 2.24) is 0 Å². The first-order valence-corrected chi connectivity index (χ1v) is 10.4. The molecule has 0 aliphatic heterocycles. The minimum absolute atomic E-state index is 0.195. The number of aliphatic hydroxyl groups excluding tert-OH is 1. The lowest BCUT2D eigenvalue weighted by Crippen LogP contribution is -2.07. The van der Waals surface area contributed by atoms with E-state index in [9.17, 15) is 4.79 Å². The van der Waals surface area contributed by atoms with E-state index >= 15 is 0 Å². The highest BCUT2D eigenvalue weighted by atomic mass is 16.5. The second-order valence-electron chi connectivity index (χ2n) is 7.30. The van der Waals surface area contributed by atoms with Gasteiger partial charge in [-0.2, -0.15) is 0 Å². The molecule has 0 saturated heterocycles. The Morgan fingerprint density at radius 3 is 2.30 bits per heavy atom. The summed E-state index contributed by atoms with van der Waals surface area (Å²) in [5.41, 5.74) is 6.94. The lowest BCUT2D eigenvalue weighted by molar-refractivity contribution is -0.140. The van der Waals surface area contributed by atoms with Crippen molar-refractivity contribution in [2.75, 3.05) is 6.61 Å². The van der Waals surface area contributed by atoms with Crippen LogP contribution in [0.4, 0.5) is 0 Å². The van der Waals surface area contributed by atoms with Crippen molar-refractivity contribution >= 4 is 5.97 Å². The molecule has 0 aliphatic rings. The summed E-state index contributed by atoms with van der Waals surface area (Å²) in [7, 11) is 0. The summed E-state index contributed by atoms with van der Waals surface area (Å²) in [5, 5.41) is 9.03. The molecule has 3 rings (SSSR count). The predicted octanol–water partition coefficient (Wildman–Crippen LogP) is 5.95. The number of hydrogen-bond donors (Lipinski definition) is 1. The molecule has 0 unspecified atom stereocenters. The van der Waals surface area contributed by atoms with Crippen LogP contribution in [0.1, 0.15) is 30.9 Å². The van der Waals surface area contributed by atoms with Gasteiger partial charge in [0.05, 0.1) is 0 Å². The molecule has 30 heavy (non-hydrogen) atoms. The van der Waals surface area contributed by atoms with E-state index in [1.807, 2.05) is 25.1 Å². The van der Waals surface area contributed by atoms with Crippen molar-refractivity contribution in [2.45, 2.75) is 32.8 Å². The molecule has 0 spiro atoms. The quantitative estimate of drug-likeness (QED) is 0.356. The Bertz CT molecular complexity index is 988. The zero-order valence-corrected chi connectivity index (χ0v) is 17.4. The van der Waals surface area contributed by atoms with Crippen molar-refractivity contribution in [3.63, 3.8) is 0 Å². The molecule has 3 nitrogen and oxygen atoms in total. The van der Waals surface area contributed by atoms with Crippen LogP contribution in [0, 0.1) is 0 Å². The SMILES string of the molecule is C=C(CC)C(=O)OCc1cc(-c2ccccc2)ccc1-c1ccc(CCCO)cc1. The van der Waals surface area contributed by atoms with E-state index in [0.717, 1.165) is 40.7 Å². The van der Waals surface area contributed by atoms with Crippen LogP contribution < -0.4 is 0 Å². The van der Waals surface area contributed by atoms with Crippen molar-refractivity contribution < 1.29 is 14.6 Å². The highest BCUT2D eigenvalue weighted by Gasteiger charge is 2.12. The lowest BCUT2D eigenvalue weighted by Gasteiger charge is -2.14. The number of benzene rings is 3. The topological polar surface area (TPSA) is 46.5 Å². The fraction of sp³-hybridized carbons (Fsp3) is 0.222. The van der Waals surface area contributed by atoms with Gasteiger partial charge in [-0.1, -0.05) is 80.2 Å². The minimum atomic E-state index is -0.354. The van der Waals surface area contributed by atoms with E-state index in [0.29, 0.717) is 12.0 Å². The van der Waals surface area contributed by atoms with Crippen LogP contribution in [0.25, 0.3) is 22.3 Å². The summed E-state index contributed by atoms with van der Waals surface area (Å²) in [6.07, 6.45) is 2.19. The van der Waals surface area contributed by atoms with Gasteiger partial charge in [0.25, 0.3) is 0 Å². The van der Waals surface area contributed by atoms with E-state index in [-0.39, 0.29) is 19.2 Å². The maximum atomic E-state index is 12.2. The number of ether oxygens (including phenoxy) is 1. The van der Waals surface area contributed by atoms with E-state index in [1.54, 1.807) is 0 Å². The summed E-state index contributed by atoms with van der Waals surface area (Å²) in [4.78, 5) is 12.2. The van der Waals surface area contributed by atoms with Gasteiger partial charge in [-0.25, -0.2) is 4.79 Å². The van der Waals surface area contributed by atoms with Crippen LogP contribution in [0.5, 0.6) is 0 Å². The van der Waals surface area contributed by atoms with Gasteiger partial charge < -0.3 is 9.84 Å². The van der Waals surface area contributed by atoms with Crippen LogP contribution >= 0.6 is 0 Å². The largest absolute Gasteiger partial charge is 0.457 e. The number of carbonyl (C=O) groups excluding carboxylic acids is 1. The first-order valence-electron chi connectivity index (χ1n) is 10.4. The zero-order chi connectivity index (χ0) is 21.3. The van der Waals surface area contributed by atoms with Gasteiger partial charge in [0.2, 0.25) is 0 Å². The molecule has 0 heterocycles. The summed E-state index contributed by atoms with van der Waals surface area (Å²) in [6.45, 7) is 6.06. The molecule has 1 N–H and O–H groups in total. The van der Waals surface area contributed by atoms with Gasteiger partial charge in [0.15, 0.2) is 0 Å². The molecule has 3 heteroatoms. The summed E-state index contributed by atoms with van der Waals surface area (Å²) >= 11 is 0. The number of aliphatic hydroxyl groups is 1. The molecular weight excluding hydrogens is 372 g/mol. The lowest BCUT2D eigenvalue weighted by atomic mass is 9.94. The highest BCUT2D eigenvalue weighted by molar-refractivity contribution is 5.87. The van der Waals surface area contributed by atoms with E-state index < -0.39 is 0 Å². The molecule has 3 aromatic rings. The summed E-state index contributed by atoms with van der Waals surface area (Å²) in [5.74, 6) is -0.354. The molecule has 0 aromatic heterocycles.